The molecule has 1 aromatic heterocycles. The minimum atomic E-state index is -0.474. The largest absolute Gasteiger partial charge is 0.494 e. The van der Waals surface area contributed by atoms with Crippen molar-refractivity contribution in [1.82, 2.24) is 25.5 Å². The maximum absolute atomic E-state index is 13.7. The third-order valence-electron chi connectivity index (χ3n) is 6.47. The first-order valence-corrected chi connectivity index (χ1v) is 12.6. The van der Waals surface area contributed by atoms with E-state index in [4.69, 9.17) is 9.57 Å². The molecule has 0 radical (unpaired) electrons. The first-order valence-electron chi connectivity index (χ1n) is 12.6. The number of nitrogens with zero attached hydrogens (tertiary/aromatic N) is 4. The van der Waals surface area contributed by atoms with E-state index in [1.807, 2.05) is 18.4 Å². The number of ether oxygens (including phenoxy) is 1. The van der Waals surface area contributed by atoms with Crippen LogP contribution in [-0.2, 0) is 16.2 Å². The first-order chi connectivity index (χ1) is 18.8. The lowest BCUT2D eigenvalue weighted by atomic mass is 10.0. The van der Waals surface area contributed by atoms with Crippen molar-refractivity contribution >= 4 is 17.5 Å². The Morgan fingerprint density at radius 3 is 2.82 bits per heavy atom. The van der Waals surface area contributed by atoms with Crippen LogP contribution in [-0.4, -0.2) is 58.2 Å². The van der Waals surface area contributed by atoms with Crippen LogP contribution in [0, 0.1) is 12.7 Å². The summed E-state index contributed by atoms with van der Waals surface area (Å²) in [6, 6.07) is 6.25. The molecule has 2 amide bonds. The summed E-state index contributed by atoms with van der Waals surface area (Å²) in [5, 5.41) is 10.00. The summed E-state index contributed by atoms with van der Waals surface area (Å²) >= 11 is 0. The molecule has 1 aliphatic carbocycles. The van der Waals surface area contributed by atoms with E-state index in [-0.39, 0.29) is 36.5 Å². The maximum Gasteiger partial charge on any atom is 0.270 e. The number of aromatic nitrogens is 2. The van der Waals surface area contributed by atoms with Crippen LogP contribution in [0.1, 0.15) is 46.8 Å². The van der Waals surface area contributed by atoms with Gasteiger partial charge in [-0.1, -0.05) is 23.9 Å². The van der Waals surface area contributed by atoms with Gasteiger partial charge in [0, 0.05) is 36.5 Å². The van der Waals surface area contributed by atoms with Crippen molar-refractivity contribution in [3.05, 3.63) is 89.1 Å². The third kappa shape index (κ3) is 6.31. The van der Waals surface area contributed by atoms with Crippen LogP contribution in [0.2, 0.25) is 0 Å². The summed E-state index contributed by atoms with van der Waals surface area (Å²) in [5.41, 5.74) is 3.49. The van der Waals surface area contributed by atoms with Gasteiger partial charge in [0.25, 0.3) is 5.91 Å². The molecule has 2 N–H and O–H groups in total. The van der Waals surface area contributed by atoms with E-state index >= 15 is 0 Å². The fourth-order valence-corrected chi connectivity index (χ4v) is 4.21. The number of halogens is 1. The highest BCUT2D eigenvalue weighted by Gasteiger charge is 2.29. The van der Waals surface area contributed by atoms with Gasteiger partial charge >= 0.3 is 0 Å². The lowest BCUT2D eigenvalue weighted by molar-refractivity contribution is -0.121. The Morgan fingerprint density at radius 1 is 1.23 bits per heavy atom. The normalized spacial score (nSPS) is 18.3. The smallest absolute Gasteiger partial charge is 0.270 e. The van der Waals surface area contributed by atoms with E-state index in [9.17, 15) is 14.0 Å². The predicted octanol–water partition coefficient (Wildman–Crippen LogP) is 2.90. The Hall–Kier alpha value is -4.54. The second kappa shape index (κ2) is 11.1. The quantitative estimate of drug-likeness (QED) is 0.510. The average molecular weight is 533 g/mol. The molecule has 3 aliphatic rings. The van der Waals surface area contributed by atoms with Crippen LogP contribution in [0.15, 0.2) is 65.6 Å². The summed E-state index contributed by atoms with van der Waals surface area (Å²) in [6.45, 7) is 6.06. The van der Waals surface area contributed by atoms with Gasteiger partial charge < -0.3 is 25.1 Å². The number of rotatable bonds is 9. The van der Waals surface area contributed by atoms with Crippen molar-refractivity contribution in [3.8, 4) is 5.75 Å². The number of hydrogen-bond acceptors (Lipinski definition) is 8. The minimum Gasteiger partial charge on any atom is -0.494 e. The number of carbonyl (C=O) groups is 2. The van der Waals surface area contributed by atoms with Crippen LogP contribution in [0.5, 0.6) is 5.75 Å². The van der Waals surface area contributed by atoms with Crippen molar-refractivity contribution in [3.63, 3.8) is 0 Å². The molecule has 2 aliphatic heterocycles. The lowest BCUT2D eigenvalue weighted by Crippen LogP contribution is -2.36. The fraction of sp³-hybridized carbons (Fsp3) is 0.321. The zero-order valence-corrected chi connectivity index (χ0v) is 21.7. The Kier molecular flexibility index (Phi) is 7.40. The third-order valence-corrected chi connectivity index (χ3v) is 6.47. The predicted molar refractivity (Wildman–Crippen MR) is 141 cm³/mol. The number of allylic oxidation sites excluding steroid dienone is 1. The molecule has 0 spiro atoms. The van der Waals surface area contributed by atoms with Gasteiger partial charge in [0.1, 0.15) is 23.8 Å². The molecular formula is C28H29FN6O4. The molecule has 1 unspecified atom stereocenters. The van der Waals surface area contributed by atoms with Gasteiger partial charge in [0.2, 0.25) is 5.91 Å². The molecule has 5 rings (SSSR count). The summed E-state index contributed by atoms with van der Waals surface area (Å²) in [4.78, 5) is 41.4. The number of methoxy groups -OCH3 is 1. The number of oxime groups is 1. The Balaban J connectivity index is 1.23. The SMILES string of the molecule is C=C1C=CC(C2CC(c3cc(C(=O)NCc4ccc(F)c(OC)c4)nc(C)n3)=NO2)=CN1CC(=O)NC1CC1. The summed E-state index contributed by atoms with van der Waals surface area (Å²) in [5.74, 6) is -0.411. The van der Waals surface area contributed by atoms with Gasteiger partial charge in [-0.25, -0.2) is 14.4 Å². The molecule has 0 bridgehead atoms. The summed E-state index contributed by atoms with van der Waals surface area (Å²) < 4.78 is 18.7. The van der Waals surface area contributed by atoms with Crippen molar-refractivity contribution in [2.75, 3.05) is 13.7 Å². The minimum absolute atomic E-state index is 0.0466. The highest BCUT2D eigenvalue weighted by atomic mass is 19.1. The monoisotopic (exact) mass is 532 g/mol. The molecule has 3 heterocycles. The van der Waals surface area contributed by atoms with Gasteiger partial charge in [-0.2, -0.15) is 0 Å². The lowest BCUT2D eigenvalue weighted by Gasteiger charge is -2.26. The van der Waals surface area contributed by atoms with E-state index in [2.05, 4.69) is 32.3 Å². The Labute approximate surface area is 225 Å². The average Bonchev–Trinajstić information content (AvgIpc) is 3.59. The highest BCUT2D eigenvalue weighted by Crippen LogP contribution is 2.27. The number of amides is 2. The zero-order chi connectivity index (χ0) is 27.5. The van der Waals surface area contributed by atoms with Crippen LogP contribution in [0.25, 0.3) is 0 Å². The van der Waals surface area contributed by atoms with E-state index < -0.39 is 11.7 Å². The summed E-state index contributed by atoms with van der Waals surface area (Å²) in [6.07, 6.45) is 7.70. The van der Waals surface area contributed by atoms with E-state index in [1.165, 1.54) is 19.2 Å². The number of aryl methyl sites for hydroxylation is 1. The molecule has 1 aromatic carbocycles. The second-order valence-corrected chi connectivity index (χ2v) is 9.60. The van der Waals surface area contributed by atoms with Gasteiger partial charge in [-0.3, -0.25) is 9.59 Å². The number of benzene rings is 1. The molecule has 11 heteroatoms. The second-order valence-electron chi connectivity index (χ2n) is 9.60. The van der Waals surface area contributed by atoms with E-state index in [0.29, 0.717) is 41.0 Å². The molecular weight excluding hydrogens is 503 g/mol. The molecule has 2 aromatic rings. The van der Waals surface area contributed by atoms with E-state index in [1.54, 1.807) is 24.0 Å². The molecule has 202 valence electrons. The number of hydrogen-bond donors (Lipinski definition) is 2. The topological polar surface area (TPSA) is 118 Å². The van der Waals surface area contributed by atoms with Gasteiger partial charge in [-0.05, 0) is 49.6 Å². The van der Waals surface area contributed by atoms with Crippen molar-refractivity contribution in [2.24, 2.45) is 5.16 Å². The van der Waals surface area contributed by atoms with Crippen LogP contribution >= 0.6 is 0 Å². The van der Waals surface area contributed by atoms with Crippen molar-refractivity contribution in [1.29, 1.82) is 0 Å². The number of carbonyl (C=O) groups excluding carboxylic acids is 2. The van der Waals surface area contributed by atoms with Gasteiger partial charge in [0.15, 0.2) is 17.7 Å². The Morgan fingerprint density at radius 2 is 2.05 bits per heavy atom. The van der Waals surface area contributed by atoms with Gasteiger partial charge in [0.05, 0.1) is 12.8 Å². The molecule has 1 saturated carbocycles. The standard InChI is InChI=1S/C28H29FN6O4/c1-16-4-6-19(14-35(16)15-27(36)33-20-7-8-20)25-12-23(34-39-25)22-11-24(32-17(2)31-22)28(37)30-13-18-5-9-21(29)26(10-18)38-3/h4-6,9-11,14,20,25H,1,7-8,12-13,15H2,2-3H3,(H,30,37)(H,33,36). The Bertz CT molecular complexity index is 1410. The molecule has 39 heavy (non-hydrogen) atoms. The molecule has 0 saturated heterocycles. The van der Waals surface area contributed by atoms with Crippen LogP contribution < -0.4 is 15.4 Å². The van der Waals surface area contributed by atoms with Gasteiger partial charge in [-0.15, -0.1) is 0 Å². The van der Waals surface area contributed by atoms with Crippen molar-refractivity contribution < 1.29 is 23.6 Å². The van der Waals surface area contributed by atoms with Crippen LogP contribution in [0.3, 0.4) is 0 Å². The zero-order valence-electron chi connectivity index (χ0n) is 21.7. The fourth-order valence-electron chi connectivity index (χ4n) is 4.21. The molecule has 1 fully saturated rings. The molecule has 1 atom stereocenters. The number of nitrogens with one attached hydrogen (secondary N) is 2. The van der Waals surface area contributed by atoms with E-state index in [0.717, 1.165) is 18.4 Å². The van der Waals surface area contributed by atoms with Crippen LogP contribution in [0.4, 0.5) is 4.39 Å². The molecule has 10 nitrogen and oxygen atoms in total. The highest BCUT2D eigenvalue weighted by molar-refractivity contribution is 6.02. The summed E-state index contributed by atoms with van der Waals surface area (Å²) in [7, 11) is 1.38. The first kappa shape index (κ1) is 26.1. The van der Waals surface area contributed by atoms with Crippen molar-refractivity contribution in [2.45, 2.75) is 44.9 Å². The maximum atomic E-state index is 13.7.